The number of rotatable bonds is 2. The van der Waals surface area contributed by atoms with Crippen LogP contribution in [0, 0.1) is 0 Å². The van der Waals surface area contributed by atoms with Gasteiger partial charge in [0.15, 0.2) is 5.78 Å². The predicted octanol–water partition coefficient (Wildman–Crippen LogP) is 3.10. The van der Waals surface area contributed by atoms with Gasteiger partial charge in [0.25, 0.3) is 0 Å². The van der Waals surface area contributed by atoms with Gasteiger partial charge in [-0.05, 0) is 24.5 Å². The van der Waals surface area contributed by atoms with Crippen molar-refractivity contribution >= 4 is 13.9 Å². The molecule has 1 nitrogen and oxygen atoms in total. The number of hydrogen-bond acceptors (Lipinski definition) is 1. The summed E-state index contributed by atoms with van der Waals surface area (Å²) >= 11 is 0. The van der Waals surface area contributed by atoms with Crippen LogP contribution in [0.3, 0.4) is 0 Å². The molecule has 0 aromatic heterocycles. The van der Waals surface area contributed by atoms with Crippen molar-refractivity contribution in [1.29, 1.82) is 0 Å². The van der Waals surface area contributed by atoms with E-state index in [9.17, 15) is 4.79 Å². The molecule has 1 aliphatic rings. The Hall–Kier alpha value is -0.633. The lowest BCUT2D eigenvalue weighted by Gasteiger charge is -2.11. The Kier molecular flexibility index (Phi) is 3.26. The van der Waals surface area contributed by atoms with Gasteiger partial charge in [-0.1, -0.05) is 31.4 Å². The first-order valence-corrected chi connectivity index (χ1v) is 8.48. The average molecular weight is 194 g/mol. The van der Waals surface area contributed by atoms with Gasteiger partial charge in [-0.25, -0.2) is 0 Å². The lowest BCUT2D eigenvalue weighted by Crippen LogP contribution is -2.15. The highest BCUT2D eigenvalue weighted by Gasteiger charge is 2.10. The summed E-state index contributed by atoms with van der Waals surface area (Å²) in [6.07, 6.45) is 6.81. The minimum Gasteiger partial charge on any atom is -0.295 e. The van der Waals surface area contributed by atoms with E-state index in [1.165, 1.54) is 5.57 Å². The lowest BCUT2D eigenvalue weighted by molar-refractivity contribution is -0.115. The van der Waals surface area contributed by atoms with E-state index < -0.39 is 8.07 Å². The van der Waals surface area contributed by atoms with Crippen LogP contribution in [-0.2, 0) is 4.79 Å². The zero-order chi connectivity index (χ0) is 9.90. The van der Waals surface area contributed by atoms with Crippen LogP contribution in [-0.4, -0.2) is 13.9 Å². The van der Waals surface area contributed by atoms with E-state index >= 15 is 0 Å². The number of hydrogen-bond donors (Lipinski definition) is 0. The summed E-state index contributed by atoms with van der Waals surface area (Å²) in [4.78, 5) is 11.1. The van der Waals surface area contributed by atoms with Crippen molar-refractivity contribution in [2.75, 3.05) is 0 Å². The summed E-state index contributed by atoms with van der Waals surface area (Å²) in [7, 11) is -1.10. The molecule has 0 saturated carbocycles. The minimum atomic E-state index is -1.10. The van der Waals surface area contributed by atoms with Crippen molar-refractivity contribution in [3.8, 4) is 0 Å². The highest BCUT2D eigenvalue weighted by Crippen LogP contribution is 2.17. The lowest BCUT2D eigenvalue weighted by atomic mass is 9.99. The van der Waals surface area contributed by atoms with Gasteiger partial charge in [0, 0.05) is 6.42 Å². The smallest absolute Gasteiger partial charge is 0.155 e. The summed E-state index contributed by atoms with van der Waals surface area (Å²) in [6, 6.07) is 0. The van der Waals surface area contributed by atoms with Gasteiger partial charge in [-0.15, -0.1) is 0 Å². The Morgan fingerprint density at radius 2 is 2.00 bits per heavy atom. The van der Waals surface area contributed by atoms with Crippen molar-refractivity contribution < 1.29 is 4.79 Å². The quantitative estimate of drug-likeness (QED) is 0.617. The molecule has 2 heteroatoms. The fourth-order valence-corrected chi connectivity index (χ4v) is 2.02. The molecule has 1 rings (SSSR count). The SMILES string of the molecule is C[Si](C)(C)/C=C/C1=CC(=O)CCC1. The Morgan fingerprint density at radius 1 is 1.31 bits per heavy atom. The normalized spacial score (nSPS) is 19.3. The molecule has 0 saturated heterocycles. The third kappa shape index (κ3) is 4.22. The van der Waals surface area contributed by atoms with Crippen molar-refractivity contribution in [3.63, 3.8) is 0 Å². The van der Waals surface area contributed by atoms with E-state index in [0.29, 0.717) is 5.78 Å². The largest absolute Gasteiger partial charge is 0.295 e. The van der Waals surface area contributed by atoms with Gasteiger partial charge < -0.3 is 0 Å². The van der Waals surface area contributed by atoms with Crippen LogP contribution in [0.5, 0.6) is 0 Å². The first-order valence-electron chi connectivity index (χ1n) is 4.90. The third-order valence-electron chi connectivity index (χ3n) is 2.03. The Morgan fingerprint density at radius 3 is 2.54 bits per heavy atom. The maximum absolute atomic E-state index is 11.1. The molecule has 0 N–H and O–H groups in total. The standard InChI is InChI=1S/C11H18OSi/c1-13(2,3)8-7-10-5-4-6-11(12)9-10/h7-9H,4-6H2,1-3H3/b8-7+. The Bertz CT molecular complexity index is 256. The van der Waals surface area contributed by atoms with Gasteiger partial charge in [-0.2, -0.15) is 0 Å². The molecule has 0 aromatic carbocycles. The highest BCUT2D eigenvalue weighted by atomic mass is 28.3. The van der Waals surface area contributed by atoms with E-state index in [-0.39, 0.29) is 0 Å². The molecule has 1 aliphatic carbocycles. The molecule has 0 aliphatic heterocycles. The van der Waals surface area contributed by atoms with Gasteiger partial charge in [0.1, 0.15) is 0 Å². The third-order valence-corrected chi connectivity index (χ3v) is 3.20. The summed E-state index contributed by atoms with van der Waals surface area (Å²) in [6.45, 7) is 6.90. The van der Waals surface area contributed by atoms with Gasteiger partial charge in [0.2, 0.25) is 0 Å². The number of allylic oxidation sites excluding steroid dienone is 3. The van der Waals surface area contributed by atoms with Gasteiger partial charge >= 0.3 is 0 Å². The van der Waals surface area contributed by atoms with E-state index in [0.717, 1.165) is 19.3 Å². The van der Waals surface area contributed by atoms with Crippen LogP contribution in [0.4, 0.5) is 0 Å². The highest BCUT2D eigenvalue weighted by molar-refractivity contribution is 6.81. The van der Waals surface area contributed by atoms with Crippen molar-refractivity contribution in [3.05, 3.63) is 23.4 Å². The minimum absolute atomic E-state index is 0.293. The molecule has 0 atom stereocenters. The molecule has 0 amide bonds. The molecular weight excluding hydrogens is 176 g/mol. The summed E-state index contributed by atoms with van der Waals surface area (Å²) in [5, 5.41) is 0. The fourth-order valence-electron chi connectivity index (χ4n) is 1.31. The van der Waals surface area contributed by atoms with E-state index in [4.69, 9.17) is 0 Å². The number of ketones is 1. The van der Waals surface area contributed by atoms with Crippen LogP contribution in [0.25, 0.3) is 0 Å². The van der Waals surface area contributed by atoms with Crippen LogP contribution in [0.15, 0.2) is 23.4 Å². The van der Waals surface area contributed by atoms with Gasteiger partial charge in [0.05, 0.1) is 8.07 Å². The van der Waals surface area contributed by atoms with Gasteiger partial charge in [-0.3, -0.25) is 4.79 Å². The van der Waals surface area contributed by atoms with E-state index in [1.807, 2.05) is 0 Å². The molecule has 72 valence electrons. The molecule has 0 unspecified atom stereocenters. The molecule has 0 heterocycles. The zero-order valence-electron chi connectivity index (χ0n) is 8.76. The first kappa shape index (κ1) is 10.4. The molecule has 0 fully saturated rings. The van der Waals surface area contributed by atoms with Crippen molar-refractivity contribution in [2.45, 2.75) is 38.9 Å². The molecular formula is C11H18OSi. The van der Waals surface area contributed by atoms with Crippen LogP contribution in [0.1, 0.15) is 19.3 Å². The fraction of sp³-hybridized carbons (Fsp3) is 0.545. The Balaban J connectivity index is 2.63. The van der Waals surface area contributed by atoms with Crippen molar-refractivity contribution in [1.82, 2.24) is 0 Å². The second-order valence-electron chi connectivity index (χ2n) is 4.74. The molecule has 0 bridgehead atoms. The van der Waals surface area contributed by atoms with E-state index in [2.05, 4.69) is 31.4 Å². The molecule has 0 radical (unpaired) electrons. The number of carbonyl (C=O) groups excluding carboxylic acids is 1. The maximum Gasteiger partial charge on any atom is 0.155 e. The van der Waals surface area contributed by atoms with Crippen molar-refractivity contribution in [2.24, 2.45) is 0 Å². The van der Waals surface area contributed by atoms with Crippen LogP contribution < -0.4 is 0 Å². The average Bonchev–Trinajstić information content (AvgIpc) is 2.00. The Labute approximate surface area is 81.5 Å². The summed E-state index contributed by atoms with van der Waals surface area (Å²) in [5.41, 5.74) is 3.52. The second kappa shape index (κ2) is 4.05. The molecule has 13 heavy (non-hydrogen) atoms. The summed E-state index contributed by atoms with van der Waals surface area (Å²) in [5.74, 6) is 0.293. The topological polar surface area (TPSA) is 17.1 Å². The predicted molar refractivity (Wildman–Crippen MR) is 59.4 cm³/mol. The molecule has 0 spiro atoms. The molecule has 0 aromatic rings. The number of carbonyl (C=O) groups is 1. The maximum atomic E-state index is 11.1. The van der Waals surface area contributed by atoms with Crippen LogP contribution in [0.2, 0.25) is 19.6 Å². The second-order valence-corrected chi connectivity index (χ2v) is 9.80. The summed E-state index contributed by atoms with van der Waals surface area (Å²) < 4.78 is 0. The van der Waals surface area contributed by atoms with Crippen LogP contribution >= 0.6 is 0 Å². The monoisotopic (exact) mass is 194 g/mol. The zero-order valence-corrected chi connectivity index (χ0v) is 9.76. The first-order chi connectivity index (χ1) is 5.97. The van der Waals surface area contributed by atoms with E-state index in [1.54, 1.807) is 6.08 Å².